The van der Waals surface area contributed by atoms with Crippen LogP contribution < -0.4 is 5.32 Å². The van der Waals surface area contributed by atoms with Crippen LogP contribution in [-0.2, 0) is 33.7 Å². The van der Waals surface area contributed by atoms with Crippen molar-refractivity contribution in [2.75, 3.05) is 11.9 Å². The summed E-state index contributed by atoms with van der Waals surface area (Å²) in [5, 5.41) is 13.1. The number of carbonyl (C=O) groups excluding carboxylic acids is 2. The molecule has 0 unspecified atom stereocenters. The minimum absolute atomic E-state index is 0.126. The van der Waals surface area contributed by atoms with E-state index in [-0.39, 0.29) is 19.1 Å². The summed E-state index contributed by atoms with van der Waals surface area (Å²) in [7, 11) is 0. The highest BCUT2D eigenvalue weighted by molar-refractivity contribution is 5.92. The molecule has 1 aliphatic rings. The zero-order valence-electron chi connectivity index (χ0n) is 11.9. The van der Waals surface area contributed by atoms with Gasteiger partial charge in [0.2, 0.25) is 0 Å². The number of esters is 1. The summed E-state index contributed by atoms with van der Waals surface area (Å²) >= 11 is 0. The summed E-state index contributed by atoms with van der Waals surface area (Å²) in [4.78, 5) is 23.3. The van der Waals surface area contributed by atoms with Gasteiger partial charge >= 0.3 is 5.97 Å². The van der Waals surface area contributed by atoms with E-state index in [1.54, 1.807) is 0 Å². The lowest BCUT2D eigenvalue weighted by atomic mass is 10.1. The Balaban J connectivity index is 1.47. The SMILES string of the molecule is O=C(COC(=O)Cn1cnnn1)Nc1ccc2c(c1)CCC2. The predicted octanol–water partition coefficient (Wildman–Crippen LogP) is 0.344. The van der Waals surface area contributed by atoms with Crippen LogP contribution >= 0.6 is 0 Å². The number of anilines is 1. The van der Waals surface area contributed by atoms with Crippen molar-refractivity contribution in [3.8, 4) is 0 Å². The van der Waals surface area contributed by atoms with Gasteiger partial charge in [0.25, 0.3) is 5.91 Å². The van der Waals surface area contributed by atoms with E-state index in [1.165, 1.54) is 22.1 Å². The highest BCUT2D eigenvalue weighted by Gasteiger charge is 2.13. The smallest absolute Gasteiger partial charge is 0.328 e. The minimum Gasteiger partial charge on any atom is -0.454 e. The number of tetrazole rings is 1. The van der Waals surface area contributed by atoms with Gasteiger partial charge in [0.05, 0.1) is 0 Å². The number of aryl methyl sites for hydroxylation is 2. The predicted molar refractivity (Wildman–Crippen MR) is 75.9 cm³/mol. The average molecular weight is 301 g/mol. The number of ether oxygens (including phenoxy) is 1. The molecule has 114 valence electrons. The van der Waals surface area contributed by atoms with Crippen LogP contribution in [0.3, 0.4) is 0 Å². The average Bonchev–Trinajstić information content (AvgIpc) is 3.15. The van der Waals surface area contributed by atoms with Gasteiger partial charge in [-0.2, -0.15) is 0 Å². The van der Waals surface area contributed by atoms with Crippen LogP contribution in [0.25, 0.3) is 0 Å². The molecule has 1 N–H and O–H groups in total. The monoisotopic (exact) mass is 301 g/mol. The largest absolute Gasteiger partial charge is 0.454 e. The summed E-state index contributed by atoms with van der Waals surface area (Å²) in [5.74, 6) is -0.945. The molecule has 1 amide bonds. The van der Waals surface area contributed by atoms with Gasteiger partial charge in [-0.3, -0.25) is 9.59 Å². The highest BCUT2D eigenvalue weighted by Crippen LogP contribution is 2.24. The number of nitrogens with one attached hydrogen (secondary N) is 1. The summed E-state index contributed by atoms with van der Waals surface area (Å²) < 4.78 is 6.10. The van der Waals surface area contributed by atoms with Gasteiger partial charge in [0.1, 0.15) is 12.9 Å². The van der Waals surface area contributed by atoms with Crippen LogP contribution in [0.15, 0.2) is 24.5 Å². The van der Waals surface area contributed by atoms with E-state index in [1.807, 2.05) is 18.2 Å². The molecule has 0 radical (unpaired) electrons. The van der Waals surface area contributed by atoms with Gasteiger partial charge in [-0.25, -0.2) is 4.68 Å². The molecule has 0 aliphatic heterocycles. The van der Waals surface area contributed by atoms with Gasteiger partial charge in [0.15, 0.2) is 6.61 Å². The maximum absolute atomic E-state index is 11.8. The minimum atomic E-state index is -0.573. The van der Waals surface area contributed by atoms with E-state index in [2.05, 4.69) is 20.8 Å². The molecular weight excluding hydrogens is 286 g/mol. The number of nitrogens with zero attached hydrogens (tertiary/aromatic N) is 4. The maximum Gasteiger partial charge on any atom is 0.328 e. The first-order valence-corrected chi connectivity index (χ1v) is 6.99. The lowest BCUT2D eigenvalue weighted by Gasteiger charge is -2.08. The van der Waals surface area contributed by atoms with Crippen molar-refractivity contribution in [1.29, 1.82) is 0 Å². The number of amides is 1. The van der Waals surface area contributed by atoms with Crippen LogP contribution in [0.1, 0.15) is 17.5 Å². The Hall–Kier alpha value is -2.77. The third-order valence-corrected chi connectivity index (χ3v) is 3.43. The van der Waals surface area contributed by atoms with Gasteiger partial charge < -0.3 is 10.1 Å². The molecule has 0 bridgehead atoms. The summed E-state index contributed by atoms with van der Waals surface area (Å²) in [6.07, 6.45) is 4.59. The van der Waals surface area contributed by atoms with Gasteiger partial charge in [-0.1, -0.05) is 6.07 Å². The van der Waals surface area contributed by atoms with Crippen LogP contribution in [0.5, 0.6) is 0 Å². The van der Waals surface area contributed by atoms with Crippen molar-refractivity contribution in [2.24, 2.45) is 0 Å². The lowest BCUT2D eigenvalue weighted by Crippen LogP contribution is -2.23. The van der Waals surface area contributed by atoms with Crippen molar-refractivity contribution in [1.82, 2.24) is 20.2 Å². The van der Waals surface area contributed by atoms with E-state index in [9.17, 15) is 9.59 Å². The standard InChI is InChI=1S/C14H15N5O3/c20-13(8-22-14(21)7-19-9-15-17-18-19)16-12-5-4-10-2-1-3-11(10)6-12/h4-6,9H,1-3,7-8H2,(H,16,20). The molecule has 8 heteroatoms. The van der Waals surface area contributed by atoms with E-state index < -0.39 is 5.97 Å². The number of hydrogen-bond acceptors (Lipinski definition) is 6. The molecule has 0 spiro atoms. The topological polar surface area (TPSA) is 99.0 Å². The summed E-state index contributed by atoms with van der Waals surface area (Å²) in [6, 6.07) is 5.87. The zero-order chi connectivity index (χ0) is 15.4. The van der Waals surface area contributed by atoms with Crippen LogP contribution in [0.2, 0.25) is 0 Å². The second-order valence-corrected chi connectivity index (χ2v) is 5.05. The van der Waals surface area contributed by atoms with Gasteiger partial charge in [-0.05, 0) is 52.9 Å². The first-order chi connectivity index (χ1) is 10.7. The third kappa shape index (κ3) is 3.46. The molecule has 0 atom stereocenters. The van der Waals surface area contributed by atoms with Crippen molar-refractivity contribution in [2.45, 2.75) is 25.8 Å². The van der Waals surface area contributed by atoms with Gasteiger partial charge in [-0.15, -0.1) is 5.10 Å². The molecule has 1 aromatic heterocycles. The normalized spacial score (nSPS) is 12.7. The van der Waals surface area contributed by atoms with Crippen LogP contribution in [0.4, 0.5) is 5.69 Å². The summed E-state index contributed by atoms with van der Waals surface area (Å²) in [6.45, 7) is -0.461. The fourth-order valence-electron chi connectivity index (χ4n) is 2.42. The van der Waals surface area contributed by atoms with Crippen LogP contribution in [-0.4, -0.2) is 38.7 Å². The number of aromatic nitrogens is 4. The Bertz CT molecular complexity index is 684. The molecule has 2 aromatic rings. The van der Waals surface area contributed by atoms with Crippen molar-refractivity contribution in [3.05, 3.63) is 35.7 Å². The first-order valence-electron chi connectivity index (χ1n) is 6.99. The molecule has 0 saturated heterocycles. The van der Waals surface area contributed by atoms with Crippen molar-refractivity contribution in [3.63, 3.8) is 0 Å². The molecule has 1 heterocycles. The number of hydrogen-bond donors (Lipinski definition) is 1. The third-order valence-electron chi connectivity index (χ3n) is 3.43. The number of fused-ring (bicyclic) bond motifs is 1. The Kier molecular flexibility index (Phi) is 4.08. The molecule has 1 aliphatic carbocycles. The fourth-order valence-corrected chi connectivity index (χ4v) is 2.42. The Morgan fingerprint density at radius 1 is 1.27 bits per heavy atom. The van der Waals surface area contributed by atoms with E-state index in [4.69, 9.17) is 4.74 Å². The second-order valence-electron chi connectivity index (χ2n) is 5.05. The first kappa shape index (κ1) is 14.2. The molecule has 22 heavy (non-hydrogen) atoms. The Labute approximate surface area is 126 Å². The van der Waals surface area contributed by atoms with Gasteiger partial charge in [0, 0.05) is 5.69 Å². The molecule has 0 fully saturated rings. The highest BCUT2D eigenvalue weighted by atomic mass is 16.5. The molecule has 8 nitrogen and oxygen atoms in total. The van der Waals surface area contributed by atoms with Crippen LogP contribution in [0, 0.1) is 0 Å². The quantitative estimate of drug-likeness (QED) is 0.800. The van der Waals surface area contributed by atoms with Crippen molar-refractivity contribution < 1.29 is 14.3 Å². The Morgan fingerprint density at radius 3 is 2.95 bits per heavy atom. The molecule has 0 saturated carbocycles. The van der Waals surface area contributed by atoms with E-state index in [0.717, 1.165) is 24.9 Å². The molecular formula is C14H15N5O3. The molecule has 1 aromatic carbocycles. The Morgan fingerprint density at radius 2 is 2.14 bits per heavy atom. The lowest BCUT2D eigenvalue weighted by molar-refractivity contribution is -0.148. The molecule has 3 rings (SSSR count). The summed E-state index contributed by atoms with van der Waals surface area (Å²) in [5.41, 5.74) is 3.33. The maximum atomic E-state index is 11.8. The number of carbonyl (C=O) groups is 2. The number of benzene rings is 1. The fraction of sp³-hybridized carbons (Fsp3) is 0.357. The zero-order valence-corrected chi connectivity index (χ0v) is 11.9. The second kappa shape index (κ2) is 6.33. The van der Waals surface area contributed by atoms with E-state index in [0.29, 0.717) is 0 Å². The van der Waals surface area contributed by atoms with Crippen molar-refractivity contribution >= 4 is 17.6 Å². The number of rotatable bonds is 5. The van der Waals surface area contributed by atoms with E-state index >= 15 is 0 Å².